The second kappa shape index (κ2) is 9.53. The molecule has 1 heterocycles. The zero-order chi connectivity index (χ0) is 23.9. The summed E-state index contributed by atoms with van der Waals surface area (Å²) in [6.07, 6.45) is 8.46. The van der Waals surface area contributed by atoms with Crippen molar-refractivity contribution < 1.29 is 14.6 Å². The zero-order valence-corrected chi connectivity index (χ0v) is 21.1. The Bertz CT molecular complexity index is 1000. The minimum atomic E-state index is -0.583. The summed E-state index contributed by atoms with van der Waals surface area (Å²) < 4.78 is 6.39. The molecule has 5 rings (SSSR count). The number of hydrogen-bond acceptors (Lipinski definition) is 3. The van der Waals surface area contributed by atoms with E-state index in [9.17, 15) is 9.90 Å². The second-order valence-electron chi connectivity index (χ2n) is 12.3. The van der Waals surface area contributed by atoms with Crippen LogP contribution in [-0.4, -0.2) is 35.2 Å². The van der Waals surface area contributed by atoms with Gasteiger partial charge in [0.1, 0.15) is 5.75 Å². The first-order valence-electron chi connectivity index (χ1n) is 13.4. The Hall–Kier alpha value is -2.07. The predicted molar refractivity (Wildman–Crippen MR) is 137 cm³/mol. The topological polar surface area (TPSA) is 49.8 Å². The number of rotatable bonds is 5. The van der Waals surface area contributed by atoms with Crippen LogP contribution in [0.5, 0.6) is 5.75 Å². The van der Waals surface area contributed by atoms with Crippen LogP contribution in [0, 0.1) is 29.1 Å². The maximum atomic E-state index is 11.8. The Morgan fingerprint density at radius 3 is 2.24 bits per heavy atom. The molecule has 3 aliphatic rings. The lowest BCUT2D eigenvalue weighted by Gasteiger charge is -2.45. The molecule has 1 saturated heterocycles. The molecule has 1 N–H and O–H groups in total. The van der Waals surface area contributed by atoms with E-state index in [4.69, 9.17) is 4.74 Å². The number of likely N-dealkylation sites (tertiary alicyclic amines) is 1. The SMILES string of the molecule is CC(C)(C)C1CCC(Oc2ccc3cc(CN4CC5CCCC(C4)C5C(=O)O)ccc3c2)CC1. The highest BCUT2D eigenvalue weighted by molar-refractivity contribution is 5.84. The Balaban J connectivity index is 1.21. The Morgan fingerprint density at radius 1 is 0.941 bits per heavy atom. The van der Waals surface area contributed by atoms with E-state index in [0.29, 0.717) is 23.4 Å². The molecule has 2 bridgehead atoms. The van der Waals surface area contributed by atoms with Crippen LogP contribution in [0.25, 0.3) is 10.8 Å². The lowest BCUT2D eigenvalue weighted by molar-refractivity contribution is -0.151. The van der Waals surface area contributed by atoms with E-state index in [0.717, 1.165) is 57.0 Å². The van der Waals surface area contributed by atoms with Crippen LogP contribution >= 0.6 is 0 Å². The van der Waals surface area contributed by atoms with E-state index in [1.807, 2.05) is 0 Å². The number of carboxylic acids is 1. The molecule has 1 aliphatic heterocycles. The van der Waals surface area contributed by atoms with Crippen molar-refractivity contribution in [1.82, 2.24) is 4.90 Å². The minimum absolute atomic E-state index is 0.136. The van der Waals surface area contributed by atoms with Crippen molar-refractivity contribution in [1.29, 1.82) is 0 Å². The number of carboxylic acid groups (broad SMARTS) is 1. The number of aliphatic carboxylic acids is 1. The van der Waals surface area contributed by atoms with E-state index in [1.54, 1.807) is 0 Å². The minimum Gasteiger partial charge on any atom is -0.490 e. The molecule has 2 unspecified atom stereocenters. The van der Waals surface area contributed by atoms with Gasteiger partial charge in [0.2, 0.25) is 0 Å². The maximum absolute atomic E-state index is 11.8. The van der Waals surface area contributed by atoms with Crippen LogP contribution in [0.2, 0.25) is 0 Å². The van der Waals surface area contributed by atoms with Crippen LogP contribution in [0.4, 0.5) is 0 Å². The summed E-state index contributed by atoms with van der Waals surface area (Å²) in [4.78, 5) is 14.2. The predicted octanol–water partition coefficient (Wildman–Crippen LogP) is 6.76. The molecule has 3 fully saturated rings. The van der Waals surface area contributed by atoms with Gasteiger partial charge in [-0.05, 0) is 96.2 Å². The number of carbonyl (C=O) groups is 1. The highest BCUT2D eigenvalue weighted by atomic mass is 16.5. The highest BCUT2D eigenvalue weighted by Crippen LogP contribution is 2.41. The zero-order valence-electron chi connectivity index (χ0n) is 21.1. The monoisotopic (exact) mass is 463 g/mol. The molecule has 2 aromatic rings. The van der Waals surface area contributed by atoms with Gasteiger partial charge < -0.3 is 9.84 Å². The molecule has 0 radical (unpaired) electrons. The summed E-state index contributed by atoms with van der Waals surface area (Å²) in [5.74, 6) is 1.69. The smallest absolute Gasteiger partial charge is 0.307 e. The number of hydrogen-bond donors (Lipinski definition) is 1. The van der Waals surface area contributed by atoms with Crippen molar-refractivity contribution in [2.75, 3.05) is 13.1 Å². The molecule has 2 atom stereocenters. The van der Waals surface area contributed by atoms with Crippen molar-refractivity contribution in [3.8, 4) is 5.75 Å². The van der Waals surface area contributed by atoms with E-state index in [-0.39, 0.29) is 5.92 Å². The van der Waals surface area contributed by atoms with Gasteiger partial charge in [0.15, 0.2) is 0 Å². The summed E-state index contributed by atoms with van der Waals surface area (Å²) in [6.45, 7) is 9.82. The van der Waals surface area contributed by atoms with Gasteiger partial charge >= 0.3 is 5.97 Å². The van der Waals surface area contributed by atoms with Gasteiger partial charge in [-0.2, -0.15) is 0 Å². The summed E-state index contributed by atoms with van der Waals surface area (Å²) in [7, 11) is 0. The van der Waals surface area contributed by atoms with Crippen LogP contribution in [0.1, 0.15) is 71.3 Å². The van der Waals surface area contributed by atoms with E-state index < -0.39 is 5.97 Å². The average molecular weight is 464 g/mol. The molecular formula is C30H41NO3. The molecule has 34 heavy (non-hydrogen) atoms. The van der Waals surface area contributed by atoms with Crippen LogP contribution < -0.4 is 4.74 Å². The fourth-order valence-electron chi connectivity index (χ4n) is 7.01. The Labute approximate surface area is 204 Å². The Kier molecular flexibility index (Phi) is 6.63. The maximum Gasteiger partial charge on any atom is 0.307 e. The van der Waals surface area contributed by atoms with Crippen molar-refractivity contribution >= 4 is 16.7 Å². The third-order valence-corrected chi connectivity index (χ3v) is 8.92. The first kappa shape index (κ1) is 23.7. The molecule has 184 valence electrons. The van der Waals surface area contributed by atoms with Crippen molar-refractivity contribution in [2.24, 2.45) is 29.1 Å². The second-order valence-corrected chi connectivity index (χ2v) is 12.3. The molecule has 4 heteroatoms. The summed E-state index contributed by atoms with van der Waals surface area (Å²) in [5.41, 5.74) is 1.71. The lowest BCUT2D eigenvalue weighted by atomic mass is 9.69. The largest absolute Gasteiger partial charge is 0.490 e. The van der Waals surface area contributed by atoms with Gasteiger partial charge in [-0.25, -0.2) is 0 Å². The molecule has 4 nitrogen and oxygen atoms in total. The highest BCUT2D eigenvalue weighted by Gasteiger charge is 2.43. The van der Waals surface area contributed by atoms with Crippen LogP contribution in [0.15, 0.2) is 36.4 Å². The normalized spacial score (nSPS) is 30.3. The molecule has 0 aromatic heterocycles. The molecule has 0 amide bonds. The summed E-state index contributed by atoms with van der Waals surface area (Å²) >= 11 is 0. The summed E-state index contributed by atoms with van der Waals surface area (Å²) in [6, 6.07) is 13.3. The van der Waals surface area contributed by atoms with Gasteiger partial charge in [-0.1, -0.05) is 45.4 Å². The van der Waals surface area contributed by atoms with E-state index >= 15 is 0 Å². The molecule has 2 saturated carbocycles. The van der Waals surface area contributed by atoms with Gasteiger partial charge in [0, 0.05) is 19.6 Å². The fourth-order valence-corrected chi connectivity index (χ4v) is 7.01. The number of benzene rings is 2. The van der Waals surface area contributed by atoms with Crippen LogP contribution in [0.3, 0.4) is 0 Å². The third kappa shape index (κ3) is 5.12. The molecule has 2 aromatic carbocycles. The number of fused-ring (bicyclic) bond motifs is 3. The van der Waals surface area contributed by atoms with E-state index in [1.165, 1.54) is 35.6 Å². The number of ether oxygens (including phenoxy) is 1. The third-order valence-electron chi connectivity index (χ3n) is 8.92. The first-order chi connectivity index (χ1) is 16.3. The first-order valence-corrected chi connectivity index (χ1v) is 13.4. The summed E-state index contributed by atoms with van der Waals surface area (Å²) in [5, 5.41) is 12.2. The van der Waals surface area contributed by atoms with Gasteiger partial charge in [0.25, 0.3) is 0 Å². The van der Waals surface area contributed by atoms with Gasteiger partial charge in [0.05, 0.1) is 12.0 Å². The van der Waals surface area contributed by atoms with E-state index in [2.05, 4.69) is 62.1 Å². The van der Waals surface area contributed by atoms with Gasteiger partial charge in [-0.3, -0.25) is 9.69 Å². The molecular weight excluding hydrogens is 422 g/mol. The standard InChI is InChI=1S/C30H41NO3/c1-30(2,3)25-10-13-26(14-11-25)34-27-12-9-21-15-20(7-8-22(21)16-27)17-31-18-23-5-4-6-24(19-31)28(23)29(32)33/h7-9,12,15-16,23-26,28H,4-6,10-11,13-14,17-19H2,1-3H3,(H,32,33). The molecule has 0 spiro atoms. The molecule has 2 aliphatic carbocycles. The van der Waals surface area contributed by atoms with Crippen LogP contribution in [-0.2, 0) is 11.3 Å². The number of piperidine rings is 1. The lowest BCUT2D eigenvalue weighted by Crippen LogP contribution is -2.50. The quantitative estimate of drug-likeness (QED) is 0.532. The van der Waals surface area contributed by atoms with Crippen molar-refractivity contribution in [3.63, 3.8) is 0 Å². The average Bonchev–Trinajstić information content (AvgIpc) is 2.78. The van der Waals surface area contributed by atoms with Crippen molar-refractivity contribution in [2.45, 2.75) is 78.4 Å². The van der Waals surface area contributed by atoms with Gasteiger partial charge in [-0.15, -0.1) is 0 Å². The Morgan fingerprint density at radius 2 is 1.59 bits per heavy atom. The van der Waals surface area contributed by atoms with Crippen molar-refractivity contribution in [3.05, 3.63) is 42.0 Å². The fraction of sp³-hybridized carbons (Fsp3) is 0.633. The number of nitrogens with zero attached hydrogens (tertiary/aromatic N) is 1.